The molecule has 2 heterocycles. The molecule has 130 valence electrons. The van der Waals surface area contributed by atoms with Gasteiger partial charge >= 0.3 is 0 Å². The lowest BCUT2D eigenvalue weighted by molar-refractivity contribution is -0.144. The van der Waals surface area contributed by atoms with Crippen molar-refractivity contribution in [2.75, 3.05) is 32.1 Å². The van der Waals surface area contributed by atoms with Crippen molar-refractivity contribution in [3.05, 3.63) is 17.5 Å². The molecule has 1 amide bonds. The van der Waals surface area contributed by atoms with Crippen LogP contribution in [0, 0.1) is 5.92 Å². The highest BCUT2D eigenvalue weighted by molar-refractivity contribution is 5.80. The predicted octanol–water partition coefficient (Wildman–Crippen LogP) is 1.12. The van der Waals surface area contributed by atoms with E-state index in [-0.39, 0.29) is 23.3 Å². The van der Waals surface area contributed by atoms with Crippen LogP contribution in [0.4, 0.5) is 5.95 Å². The van der Waals surface area contributed by atoms with Crippen LogP contribution in [0.3, 0.4) is 0 Å². The zero-order chi connectivity index (χ0) is 16.9. The van der Waals surface area contributed by atoms with Gasteiger partial charge in [0.05, 0.1) is 11.8 Å². The molecule has 0 aromatic carbocycles. The Hall–Kier alpha value is -1.69. The van der Waals surface area contributed by atoms with Crippen LogP contribution < -0.4 is 4.90 Å². The number of aliphatic hydroxyl groups is 1. The van der Waals surface area contributed by atoms with Crippen molar-refractivity contribution in [2.45, 2.75) is 50.0 Å². The standard InChI is InChI=1S/C18H26N4O2/c1-21(2)17-19-10-12-4-6-18(15(12)20-17)5-3-7-22(11-18)16(24)13-8-14(23)9-13/h10,13-14,23H,3-9,11H2,1-2H3. The second-order valence-electron chi connectivity index (χ2n) is 7.90. The van der Waals surface area contributed by atoms with Gasteiger partial charge in [0.1, 0.15) is 0 Å². The molecule has 1 aliphatic heterocycles. The maximum absolute atomic E-state index is 12.7. The van der Waals surface area contributed by atoms with Crippen LogP contribution in [0.25, 0.3) is 0 Å². The van der Waals surface area contributed by atoms with Crippen molar-refractivity contribution in [1.82, 2.24) is 14.9 Å². The first-order valence-electron chi connectivity index (χ1n) is 8.99. The molecule has 1 unspecified atom stereocenters. The lowest BCUT2D eigenvalue weighted by atomic mass is 9.76. The molecule has 2 fully saturated rings. The molecule has 6 nitrogen and oxygen atoms in total. The summed E-state index contributed by atoms with van der Waals surface area (Å²) in [6, 6.07) is 0. The lowest BCUT2D eigenvalue weighted by Crippen LogP contribution is -2.52. The monoisotopic (exact) mass is 330 g/mol. The Balaban J connectivity index is 1.58. The highest BCUT2D eigenvalue weighted by atomic mass is 16.3. The van der Waals surface area contributed by atoms with Crippen molar-refractivity contribution in [1.29, 1.82) is 0 Å². The Kier molecular flexibility index (Phi) is 3.75. The Morgan fingerprint density at radius 1 is 1.38 bits per heavy atom. The zero-order valence-electron chi connectivity index (χ0n) is 14.5. The molecule has 6 heteroatoms. The number of carbonyl (C=O) groups excluding carboxylic acids is 1. The van der Waals surface area contributed by atoms with Crippen LogP contribution in [0.2, 0.25) is 0 Å². The summed E-state index contributed by atoms with van der Waals surface area (Å²) < 4.78 is 0. The fraction of sp³-hybridized carbons (Fsp3) is 0.722. The normalized spacial score (nSPS) is 31.7. The number of aliphatic hydroxyl groups excluding tert-OH is 1. The van der Waals surface area contributed by atoms with Crippen LogP contribution in [-0.4, -0.2) is 59.2 Å². The number of piperidine rings is 1. The third-order valence-electron chi connectivity index (χ3n) is 5.98. The summed E-state index contributed by atoms with van der Waals surface area (Å²) in [5.74, 6) is 1.01. The Morgan fingerprint density at radius 3 is 2.88 bits per heavy atom. The topological polar surface area (TPSA) is 69.6 Å². The minimum Gasteiger partial charge on any atom is -0.393 e. The average Bonchev–Trinajstić information content (AvgIpc) is 2.89. The Morgan fingerprint density at radius 2 is 2.17 bits per heavy atom. The summed E-state index contributed by atoms with van der Waals surface area (Å²) >= 11 is 0. The SMILES string of the molecule is CN(C)c1ncc2c(n1)C1(CCCN(C(=O)C3CC(O)C3)C1)CC2. The number of carbonyl (C=O) groups is 1. The number of aromatic nitrogens is 2. The zero-order valence-corrected chi connectivity index (χ0v) is 14.5. The van der Waals surface area contributed by atoms with Crippen LogP contribution in [0.5, 0.6) is 0 Å². The van der Waals surface area contributed by atoms with E-state index in [4.69, 9.17) is 4.98 Å². The number of fused-ring (bicyclic) bond motifs is 2. The van der Waals surface area contributed by atoms with Gasteiger partial charge < -0.3 is 14.9 Å². The summed E-state index contributed by atoms with van der Waals surface area (Å²) in [6.07, 6.45) is 7.15. The van der Waals surface area contributed by atoms with Crippen molar-refractivity contribution in [3.8, 4) is 0 Å². The number of rotatable bonds is 2. The minimum atomic E-state index is -0.278. The van der Waals surface area contributed by atoms with E-state index in [1.807, 2.05) is 30.1 Å². The highest BCUT2D eigenvalue weighted by Gasteiger charge is 2.46. The van der Waals surface area contributed by atoms with Gasteiger partial charge in [-0.1, -0.05) is 0 Å². The number of hydrogen-bond acceptors (Lipinski definition) is 5. The molecule has 0 bridgehead atoms. The predicted molar refractivity (Wildman–Crippen MR) is 90.9 cm³/mol. The molecule has 1 spiro atoms. The van der Waals surface area contributed by atoms with Gasteiger partial charge in [-0.15, -0.1) is 0 Å². The number of amides is 1. The number of nitrogens with zero attached hydrogens (tertiary/aromatic N) is 4. The summed E-state index contributed by atoms with van der Waals surface area (Å²) in [6.45, 7) is 1.61. The molecule has 1 aromatic rings. The van der Waals surface area contributed by atoms with Gasteiger partial charge in [-0.25, -0.2) is 9.97 Å². The van der Waals surface area contributed by atoms with Crippen LogP contribution in [-0.2, 0) is 16.6 Å². The van der Waals surface area contributed by atoms with E-state index < -0.39 is 0 Å². The molecule has 4 rings (SSSR count). The van der Waals surface area contributed by atoms with Crippen molar-refractivity contribution in [2.24, 2.45) is 5.92 Å². The third kappa shape index (κ3) is 2.48. The molecule has 1 saturated carbocycles. The largest absolute Gasteiger partial charge is 0.393 e. The van der Waals surface area contributed by atoms with E-state index in [9.17, 15) is 9.90 Å². The number of likely N-dealkylation sites (tertiary alicyclic amines) is 1. The molecule has 0 radical (unpaired) electrons. The van der Waals surface area contributed by atoms with Gasteiger partial charge in [0.25, 0.3) is 0 Å². The first-order valence-corrected chi connectivity index (χ1v) is 8.99. The molecule has 1 N–H and O–H groups in total. The van der Waals surface area contributed by atoms with Gasteiger partial charge in [0.2, 0.25) is 11.9 Å². The number of hydrogen-bond donors (Lipinski definition) is 1. The maximum Gasteiger partial charge on any atom is 0.225 e. The first-order chi connectivity index (χ1) is 11.5. The van der Waals surface area contributed by atoms with Gasteiger partial charge in [0, 0.05) is 44.7 Å². The highest BCUT2D eigenvalue weighted by Crippen LogP contribution is 2.45. The third-order valence-corrected chi connectivity index (χ3v) is 5.98. The van der Waals surface area contributed by atoms with E-state index in [1.54, 1.807) is 0 Å². The molecular formula is C18H26N4O2. The number of anilines is 1. The van der Waals surface area contributed by atoms with Crippen LogP contribution in [0.1, 0.15) is 43.4 Å². The molecule has 3 aliphatic rings. The van der Waals surface area contributed by atoms with Crippen LogP contribution in [0.15, 0.2) is 6.20 Å². The Bertz CT molecular complexity index is 652. The fourth-order valence-electron chi connectivity index (χ4n) is 4.51. The summed E-state index contributed by atoms with van der Waals surface area (Å²) in [5.41, 5.74) is 2.40. The quantitative estimate of drug-likeness (QED) is 0.880. The van der Waals surface area contributed by atoms with Gasteiger partial charge in [-0.3, -0.25) is 4.79 Å². The van der Waals surface area contributed by atoms with Gasteiger partial charge in [-0.05, 0) is 44.1 Å². The summed E-state index contributed by atoms with van der Waals surface area (Å²) in [4.78, 5) is 26.0. The van der Waals surface area contributed by atoms with E-state index in [0.29, 0.717) is 12.8 Å². The second kappa shape index (κ2) is 5.69. The minimum absolute atomic E-state index is 0.000688. The van der Waals surface area contributed by atoms with Gasteiger partial charge in [-0.2, -0.15) is 0 Å². The van der Waals surface area contributed by atoms with E-state index >= 15 is 0 Å². The van der Waals surface area contributed by atoms with Crippen LogP contribution >= 0.6 is 0 Å². The van der Waals surface area contributed by atoms with E-state index in [0.717, 1.165) is 50.4 Å². The van der Waals surface area contributed by atoms with Crippen molar-refractivity contribution >= 4 is 11.9 Å². The lowest BCUT2D eigenvalue weighted by Gasteiger charge is -2.43. The van der Waals surface area contributed by atoms with Crippen molar-refractivity contribution in [3.63, 3.8) is 0 Å². The molecule has 1 saturated heterocycles. The molecule has 2 aliphatic carbocycles. The fourth-order valence-corrected chi connectivity index (χ4v) is 4.51. The second-order valence-corrected chi connectivity index (χ2v) is 7.90. The maximum atomic E-state index is 12.7. The first kappa shape index (κ1) is 15.8. The smallest absolute Gasteiger partial charge is 0.225 e. The van der Waals surface area contributed by atoms with E-state index in [2.05, 4.69) is 4.98 Å². The molecule has 1 aromatic heterocycles. The molecular weight excluding hydrogens is 304 g/mol. The summed E-state index contributed by atoms with van der Waals surface area (Å²) in [7, 11) is 3.92. The number of aryl methyl sites for hydroxylation is 1. The average molecular weight is 330 g/mol. The molecule has 1 atom stereocenters. The van der Waals surface area contributed by atoms with E-state index in [1.165, 1.54) is 5.56 Å². The van der Waals surface area contributed by atoms with Crippen molar-refractivity contribution < 1.29 is 9.90 Å². The summed E-state index contributed by atoms with van der Waals surface area (Å²) in [5, 5.41) is 9.49. The Labute approximate surface area is 142 Å². The molecule has 24 heavy (non-hydrogen) atoms. The van der Waals surface area contributed by atoms with Gasteiger partial charge in [0.15, 0.2) is 0 Å².